The van der Waals surface area contributed by atoms with Gasteiger partial charge in [0.15, 0.2) is 0 Å². The van der Waals surface area contributed by atoms with Crippen molar-refractivity contribution < 1.29 is 17.7 Å². The molecule has 8 nitrogen and oxygen atoms in total. The van der Waals surface area contributed by atoms with Crippen LogP contribution in [-0.2, 0) is 10.0 Å². The van der Waals surface area contributed by atoms with E-state index in [-0.39, 0.29) is 18.5 Å². The summed E-state index contributed by atoms with van der Waals surface area (Å²) in [6.45, 7) is 4.54. The predicted molar refractivity (Wildman–Crippen MR) is 111 cm³/mol. The van der Waals surface area contributed by atoms with Crippen molar-refractivity contribution >= 4 is 38.4 Å². The highest BCUT2D eigenvalue weighted by Gasteiger charge is 2.28. The molecule has 154 valence electrons. The molecule has 1 unspecified atom stereocenters. The topological polar surface area (TPSA) is 105 Å². The highest BCUT2D eigenvalue weighted by molar-refractivity contribution is 7.88. The number of rotatable bonds is 4. The predicted octanol–water partition coefficient (Wildman–Crippen LogP) is 2.72. The lowest BCUT2D eigenvalue weighted by Crippen LogP contribution is -2.49. The fourth-order valence-electron chi connectivity index (χ4n) is 3.60. The minimum absolute atomic E-state index is 0.248. The molecule has 1 saturated heterocycles. The number of nitrogens with one attached hydrogen (secondary N) is 1. The average Bonchev–Trinajstić information content (AvgIpc) is 3.26. The van der Waals surface area contributed by atoms with E-state index in [0.717, 1.165) is 16.2 Å². The number of nitrogens with zero attached hydrogens (tertiary/aromatic N) is 3. The summed E-state index contributed by atoms with van der Waals surface area (Å²) in [7, 11) is -3.28. The highest BCUT2D eigenvalue weighted by atomic mass is 32.2. The van der Waals surface area contributed by atoms with Gasteiger partial charge in [-0.2, -0.15) is 0 Å². The normalized spacial score (nSPS) is 18.2. The van der Waals surface area contributed by atoms with Crippen molar-refractivity contribution in [1.29, 1.82) is 0 Å². The molecule has 3 aromatic heterocycles. The maximum Gasteiger partial charge on any atom is 0.259 e. The van der Waals surface area contributed by atoms with Gasteiger partial charge in [0.1, 0.15) is 0 Å². The van der Waals surface area contributed by atoms with E-state index in [9.17, 15) is 13.2 Å². The SMILES string of the molecule is Cc1ccc(-c2cc(C(=O)NC3CCCN(S(C)(=O)=O)C3)c3c(C)noc3n2)s1. The van der Waals surface area contributed by atoms with Crippen LogP contribution in [0.3, 0.4) is 0 Å². The lowest BCUT2D eigenvalue weighted by atomic mass is 10.0. The molecule has 0 aromatic carbocycles. The number of thiophene rings is 1. The van der Waals surface area contributed by atoms with Gasteiger partial charge in [0, 0.05) is 24.0 Å². The van der Waals surface area contributed by atoms with Crippen LogP contribution in [0.1, 0.15) is 33.8 Å². The molecule has 1 atom stereocenters. The third-order valence-electron chi connectivity index (χ3n) is 5.04. The Morgan fingerprint density at radius 3 is 2.83 bits per heavy atom. The molecule has 10 heteroatoms. The number of carbonyl (C=O) groups is 1. The molecule has 0 aliphatic carbocycles. The number of carbonyl (C=O) groups excluding carboxylic acids is 1. The largest absolute Gasteiger partial charge is 0.348 e. The molecular formula is C19H22N4O4S2. The number of sulfonamides is 1. The van der Waals surface area contributed by atoms with Crippen molar-refractivity contribution in [2.75, 3.05) is 19.3 Å². The zero-order valence-electron chi connectivity index (χ0n) is 16.4. The molecule has 0 radical (unpaired) electrons. The van der Waals surface area contributed by atoms with Gasteiger partial charge >= 0.3 is 0 Å². The average molecular weight is 435 g/mol. The minimum Gasteiger partial charge on any atom is -0.348 e. The monoisotopic (exact) mass is 434 g/mol. The van der Waals surface area contributed by atoms with Gasteiger partial charge in [-0.25, -0.2) is 17.7 Å². The van der Waals surface area contributed by atoms with Gasteiger partial charge in [-0.3, -0.25) is 4.79 Å². The molecule has 1 amide bonds. The summed E-state index contributed by atoms with van der Waals surface area (Å²) in [6.07, 6.45) is 2.63. The lowest BCUT2D eigenvalue weighted by molar-refractivity contribution is 0.0923. The van der Waals surface area contributed by atoms with Crippen LogP contribution in [0.25, 0.3) is 21.7 Å². The van der Waals surface area contributed by atoms with Crippen molar-refractivity contribution in [1.82, 2.24) is 19.8 Å². The van der Waals surface area contributed by atoms with E-state index < -0.39 is 10.0 Å². The molecule has 4 heterocycles. The number of pyridine rings is 1. The number of hydrogen-bond donors (Lipinski definition) is 1. The van der Waals surface area contributed by atoms with Crippen LogP contribution in [0.5, 0.6) is 0 Å². The summed E-state index contributed by atoms with van der Waals surface area (Å²) < 4.78 is 30.5. The Labute approximate surface area is 173 Å². The number of aromatic nitrogens is 2. The van der Waals surface area contributed by atoms with Crippen molar-refractivity contribution in [3.8, 4) is 10.6 Å². The Morgan fingerprint density at radius 2 is 2.14 bits per heavy atom. The molecule has 1 aliphatic rings. The number of amides is 1. The van der Waals surface area contributed by atoms with Gasteiger partial charge in [0.25, 0.3) is 11.6 Å². The first-order chi connectivity index (χ1) is 13.7. The lowest BCUT2D eigenvalue weighted by Gasteiger charge is -2.31. The van der Waals surface area contributed by atoms with Crippen LogP contribution in [0.4, 0.5) is 0 Å². The van der Waals surface area contributed by atoms with Gasteiger partial charge in [-0.15, -0.1) is 11.3 Å². The first-order valence-electron chi connectivity index (χ1n) is 9.32. The van der Waals surface area contributed by atoms with Gasteiger partial charge in [-0.05, 0) is 44.9 Å². The van der Waals surface area contributed by atoms with Crippen LogP contribution in [0.15, 0.2) is 22.7 Å². The highest BCUT2D eigenvalue weighted by Crippen LogP contribution is 2.31. The second-order valence-corrected chi connectivity index (χ2v) is 10.6. The van der Waals surface area contributed by atoms with E-state index in [4.69, 9.17) is 4.52 Å². The maximum absolute atomic E-state index is 13.1. The van der Waals surface area contributed by atoms with Crippen LogP contribution >= 0.6 is 11.3 Å². The first-order valence-corrected chi connectivity index (χ1v) is 12.0. The molecule has 1 N–H and O–H groups in total. The first kappa shape index (κ1) is 20.0. The van der Waals surface area contributed by atoms with E-state index in [1.165, 1.54) is 10.6 Å². The Hall–Kier alpha value is -2.30. The third kappa shape index (κ3) is 4.05. The summed E-state index contributed by atoms with van der Waals surface area (Å²) in [5.74, 6) is -0.279. The van der Waals surface area contributed by atoms with E-state index in [1.54, 1.807) is 24.3 Å². The van der Waals surface area contributed by atoms with Crippen molar-refractivity contribution in [2.45, 2.75) is 32.7 Å². The second-order valence-electron chi connectivity index (χ2n) is 7.35. The smallest absolute Gasteiger partial charge is 0.259 e. The standard InChI is InChI=1S/C19H22N4O4S2/c1-11-6-7-16(28-11)15-9-14(17-12(2)22-27-19(17)21-15)18(24)20-13-5-4-8-23(10-13)29(3,25)26/h6-7,9,13H,4-5,8,10H2,1-3H3,(H,20,24). The molecular weight excluding hydrogens is 412 g/mol. The summed E-state index contributed by atoms with van der Waals surface area (Å²) >= 11 is 1.59. The molecule has 3 aromatic rings. The zero-order valence-corrected chi connectivity index (χ0v) is 18.1. The molecule has 4 rings (SSSR count). The molecule has 0 spiro atoms. The van der Waals surface area contributed by atoms with Crippen LogP contribution in [0, 0.1) is 13.8 Å². The third-order valence-corrected chi connectivity index (χ3v) is 7.34. The molecule has 1 aliphatic heterocycles. The summed E-state index contributed by atoms with van der Waals surface area (Å²) in [6, 6.07) is 5.47. The number of hydrogen-bond acceptors (Lipinski definition) is 7. The maximum atomic E-state index is 13.1. The summed E-state index contributed by atoms with van der Waals surface area (Å²) in [5.41, 5.74) is 2.00. The quantitative estimate of drug-likeness (QED) is 0.677. The van der Waals surface area contributed by atoms with Crippen molar-refractivity contribution in [3.63, 3.8) is 0 Å². The second kappa shape index (κ2) is 7.51. The molecule has 29 heavy (non-hydrogen) atoms. The van der Waals surface area contributed by atoms with Crippen LogP contribution in [0.2, 0.25) is 0 Å². The number of piperidine rings is 1. The summed E-state index contributed by atoms with van der Waals surface area (Å²) in [5, 5.41) is 7.54. The minimum atomic E-state index is -3.28. The van der Waals surface area contributed by atoms with Gasteiger partial charge < -0.3 is 9.84 Å². The van der Waals surface area contributed by atoms with Gasteiger partial charge in [0.05, 0.1) is 33.5 Å². The summed E-state index contributed by atoms with van der Waals surface area (Å²) in [4.78, 5) is 19.8. The Kier molecular flexibility index (Phi) is 5.18. The Bertz CT molecular complexity index is 1180. The number of fused-ring (bicyclic) bond motifs is 1. The van der Waals surface area contributed by atoms with E-state index in [2.05, 4.69) is 15.5 Å². The fourth-order valence-corrected chi connectivity index (χ4v) is 5.34. The molecule has 0 saturated carbocycles. The number of aryl methyl sites for hydroxylation is 2. The molecule has 1 fully saturated rings. The van der Waals surface area contributed by atoms with Gasteiger partial charge in [-0.1, -0.05) is 5.16 Å². The van der Waals surface area contributed by atoms with E-state index in [1.807, 2.05) is 19.1 Å². The van der Waals surface area contributed by atoms with E-state index in [0.29, 0.717) is 41.0 Å². The Balaban J connectivity index is 1.67. The Morgan fingerprint density at radius 1 is 1.34 bits per heavy atom. The van der Waals surface area contributed by atoms with Crippen LogP contribution in [-0.4, -0.2) is 54.2 Å². The van der Waals surface area contributed by atoms with Crippen molar-refractivity contribution in [3.05, 3.63) is 34.3 Å². The van der Waals surface area contributed by atoms with Crippen molar-refractivity contribution in [2.24, 2.45) is 0 Å². The van der Waals surface area contributed by atoms with E-state index >= 15 is 0 Å². The molecule has 0 bridgehead atoms. The zero-order chi connectivity index (χ0) is 20.8. The fraction of sp³-hybridized carbons (Fsp3) is 0.421. The van der Waals surface area contributed by atoms with Crippen LogP contribution < -0.4 is 5.32 Å². The van der Waals surface area contributed by atoms with Gasteiger partial charge in [0.2, 0.25) is 10.0 Å².